The summed E-state index contributed by atoms with van der Waals surface area (Å²) in [7, 11) is 0. The summed E-state index contributed by atoms with van der Waals surface area (Å²) in [6.45, 7) is 0.612. The van der Waals surface area contributed by atoms with Crippen LogP contribution in [-0.4, -0.2) is 26.8 Å². The Hall–Kier alpha value is -2.70. The Morgan fingerprint density at radius 1 is 1.29 bits per heavy atom. The van der Waals surface area contributed by atoms with E-state index in [9.17, 15) is 14.0 Å². The molecule has 0 bridgehead atoms. The maximum atomic E-state index is 12.7. The Morgan fingerprint density at radius 2 is 2.00 bits per heavy atom. The number of nitrogens with one attached hydrogen (secondary N) is 1. The van der Waals surface area contributed by atoms with Crippen molar-refractivity contribution in [1.82, 2.24) is 15.1 Å². The Labute approximate surface area is 120 Å². The topological polar surface area (TPSA) is 84.2 Å². The monoisotopic (exact) mass is 291 g/mol. The van der Waals surface area contributed by atoms with Crippen molar-refractivity contribution in [2.24, 2.45) is 0 Å². The summed E-state index contributed by atoms with van der Waals surface area (Å²) in [4.78, 5) is 22.3. The van der Waals surface area contributed by atoms with Gasteiger partial charge in [0.05, 0.1) is 11.8 Å². The van der Waals surface area contributed by atoms with Crippen LogP contribution in [0.15, 0.2) is 36.7 Å². The lowest BCUT2D eigenvalue weighted by Gasteiger charge is -2.05. The summed E-state index contributed by atoms with van der Waals surface area (Å²) in [5.41, 5.74) is 0.888. The normalized spacial score (nSPS) is 10.3. The molecular weight excluding hydrogens is 277 g/mol. The van der Waals surface area contributed by atoms with Crippen molar-refractivity contribution >= 4 is 11.9 Å². The highest BCUT2D eigenvalue weighted by atomic mass is 19.1. The molecule has 6 nitrogen and oxygen atoms in total. The number of hydrogen-bond donors (Lipinski definition) is 2. The number of nitrogens with zero attached hydrogens (tertiary/aromatic N) is 2. The average Bonchev–Trinajstić information content (AvgIpc) is 2.93. The van der Waals surface area contributed by atoms with Crippen LogP contribution < -0.4 is 5.32 Å². The van der Waals surface area contributed by atoms with E-state index in [2.05, 4.69) is 10.4 Å². The number of carbonyl (C=O) groups excluding carboxylic acids is 1. The predicted molar refractivity (Wildman–Crippen MR) is 72.1 cm³/mol. The third-order valence-corrected chi connectivity index (χ3v) is 2.85. The summed E-state index contributed by atoms with van der Waals surface area (Å²) >= 11 is 0. The van der Waals surface area contributed by atoms with Gasteiger partial charge in [-0.2, -0.15) is 5.10 Å². The van der Waals surface area contributed by atoms with E-state index >= 15 is 0 Å². The predicted octanol–water partition coefficient (Wildman–Crippen LogP) is 1.43. The number of carbonyl (C=O) groups is 2. The van der Waals surface area contributed by atoms with Crippen LogP contribution in [-0.2, 0) is 17.9 Å². The molecule has 2 N–H and O–H groups in total. The molecule has 2 aromatic rings. The average molecular weight is 291 g/mol. The standard InChI is InChI=1S/C14H14FN3O3/c15-12-3-1-10(2-4-12)7-16-13(19)5-6-18-9-11(8-17-18)14(20)21/h1-4,8-9H,5-7H2,(H,16,19)(H,20,21). The molecule has 1 aromatic carbocycles. The lowest BCUT2D eigenvalue weighted by atomic mass is 10.2. The van der Waals surface area contributed by atoms with Gasteiger partial charge in [-0.1, -0.05) is 12.1 Å². The third kappa shape index (κ3) is 4.41. The number of hydrogen-bond acceptors (Lipinski definition) is 3. The van der Waals surface area contributed by atoms with Crippen molar-refractivity contribution < 1.29 is 19.1 Å². The summed E-state index contributed by atoms with van der Waals surface area (Å²) in [5.74, 6) is -1.56. The second kappa shape index (κ2) is 6.65. The summed E-state index contributed by atoms with van der Waals surface area (Å²) in [6, 6.07) is 5.86. The van der Waals surface area contributed by atoms with Gasteiger partial charge in [-0.15, -0.1) is 0 Å². The zero-order valence-electron chi connectivity index (χ0n) is 11.1. The van der Waals surface area contributed by atoms with Crippen molar-refractivity contribution in [2.75, 3.05) is 0 Å². The van der Waals surface area contributed by atoms with Crippen molar-refractivity contribution in [1.29, 1.82) is 0 Å². The maximum absolute atomic E-state index is 12.7. The van der Waals surface area contributed by atoms with E-state index in [1.165, 1.54) is 29.2 Å². The van der Waals surface area contributed by atoms with Crippen molar-refractivity contribution in [3.05, 3.63) is 53.6 Å². The molecule has 110 valence electrons. The molecule has 7 heteroatoms. The highest BCUT2D eigenvalue weighted by Crippen LogP contribution is 2.02. The van der Waals surface area contributed by atoms with E-state index in [0.29, 0.717) is 13.1 Å². The Kier molecular flexibility index (Phi) is 4.65. The van der Waals surface area contributed by atoms with Gasteiger partial charge in [0, 0.05) is 25.7 Å². The van der Waals surface area contributed by atoms with E-state index in [0.717, 1.165) is 5.56 Å². The summed E-state index contributed by atoms with van der Waals surface area (Å²) in [6.07, 6.45) is 2.79. The van der Waals surface area contributed by atoms with Gasteiger partial charge in [0.2, 0.25) is 5.91 Å². The number of aromatic carboxylic acids is 1. The van der Waals surface area contributed by atoms with Gasteiger partial charge in [-0.05, 0) is 17.7 Å². The smallest absolute Gasteiger partial charge is 0.338 e. The summed E-state index contributed by atoms with van der Waals surface area (Å²) < 4.78 is 14.1. The van der Waals surface area contributed by atoms with Crippen LogP contribution >= 0.6 is 0 Å². The second-order valence-electron chi connectivity index (χ2n) is 4.45. The van der Waals surface area contributed by atoms with Gasteiger partial charge in [0.25, 0.3) is 0 Å². The first-order chi connectivity index (χ1) is 10.0. The summed E-state index contributed by atoms with van der Waals surface area (Å²) in [5, 5.41) is 15.3. The molecule has 0 atom stereocenters. The fraction of sp³-hybridized carbons (Fsp3) is 0.214. The molecule has 0 saturated heterocycles. The highest BCUT2D eigenvalue weighted by molar-refractivity contribution is 5.86. The number of rotatable bonds is 6. The Balaban J connectivity index is 1.76. The molecule has 0 saturated carbocycles. The number of carboxylic acids is 1. The molecule has 1 heterocycles. The van der Waals surface area contributed by atoms with E-state index in [1.54, 1.807) is 12.1 Å². The molecule has 1 amide bonds. The number of carboxylic acid groups (broad SMARTS) is 1. The molecule has 0 aliphatic rings. The molecule has 0 unspecified atom stereocenters. The minimum atomic E-state index is -1.05. The quantitative estimate of drug-likeness (QED) is 0.843. The van der Waals surface area contributed by atoms with Gasteiger partial charge in [-0.3, -0.25) is 9.48 Å². The molecule has 0 aliphatic carbocycles. The molecular formula is C14H14FN3O3. The number of aromatic nitrogens is 2. The SMILES string of the molecule is O=C(CCn1cc(C(=O)O)cn1)NCc1ccc(F)cc1. The van der Waals surface area contributed by atoms with Gasteiger partial charge in [0.1, 0.15) is 5.82 Å². The fourth-order valence-corrected chi connectivity index (χ4v) is 1.70. The van der Waals surface area contributed by atoms with Gasteiger partial charge >= 0.3 is 5.97 Å². The molecule has 0 aliphatic heterocycles. The van der Waals surface area contributed by atoms with E-state index in [-0.39, 0.29) is 23.7 Å². The van der Waals surface area contributed by atoms with Crippen LogP contribution in [0.2, 0.25) is 0 Å². The minimum Gasteiger partial charge on any atom is -0.478 e. The van der Waals surface area contributed by atoms with Gasteiger partial charge in [0.15, 0.2) is 0 Å². The van der Waals surface area contributed by atoms with E-state index in [4.69, 9.17) is 5.11 Å². The molecule has 21 heavy (non-hydrogen) atoms. The van der Waals surface area contributed by atoms with Crippen LogP contribution in [0.5, 0.6) is 0 Å². The third-order valence-electron chi connectivity index (χ3n) is 2.85. The van der Waals surface area contributed by atoms with Crippen molar-refractivity contribution in [3.63, 3.8) is 0 Å². The Bertz CT molecular complexity index is 637. The van der Waals surface area contributed by atoms with Crippen LogP contribution in [0.1, 0.15) is 22.3 Å². The Morgan fingerprint density at radius 3 is 2.62 bits per heavy atom. The van der Waals surface area contributed by atoms with E-state index < -0.39 is 5.97 Å². The first-order valence-corrected chi connectivity index (χ1v) is 6.31. The highest BCUT2D eigenvalue weighted by Gasteiger charge is 2.07. The molecule has 0 spiro atoms. The first-order valence-electron chi connectivity index (χ1n) is 6.31. The molecule has 0 fully saturated rings. The number of halogens is 1. The largest absolute Gasteiger partial charge is 0.478 e. The first kappa shape index (κ1) is 14.7. The number of benzene rings is 1. The van der Waals surface area contributed by atoms with Gasteiger partial charge < -0.3 is 10.4 Å². The maximum Gasteiger partial charge on any atom is 0.338 e. The molecule has 0 radical (unpaired) electrons. The number of aryl methyl sites for hydroxylation is 1. The van der Waals surface area contributed by atoms with Crippen LogP contribution in [0.25, 0.3) is 0 Å². The fourth-order valence-electron chi connectivity index (χ4n) is 1.70. The zero-order valence-corrected chi connectivity index (χ0v) is 11.1. The van der Waals surface area contributed by atoms with Crippen LogP contribution in [0, 0.1) is 5.82 Å². The van der Waals surface area contributed by atoms with Crippen molar-refractivity contribution in [3.8, 4) is 0 Å². The molecule has 1 aromatic heterocycles. The minimum absolute atomic E-state index is 0.0849. The van der Waals surface area contributed by atoms with E-state index in [1.807, 2.05) is 0 Å². The number of amides is 1. The van der Waals surface area contributed by atoms with Gasteiger partial charge in [-0.25, -0.2) is 9.18 Å². The lowest BCUT2D eigenvalue weighted by molar-refractivity contribution is -0.121. The van der Waals surface area contributed by atoms with Crippen LogP contribution in [0.3, 0.4) is 0 Å². The van der Waals surface area contributed by atoms with Crippen LogP contribution in [0.4, 0.5) is 4.39 Å². The zero-order chi connectivity index (χ0) is 15.2. The molecule has 2 rings (SSSR count). The lowest BCUT2D eigenvalue weighted by Crippen LogP contribution is -2.24. The van der Waals surface area contributed by atoms with Crippen molar-refractivity contribution in [2.45, 2.75) is 19.5 Å². The second-order valence-corrected chi connectivity index (χ2v) is 4.45.